The third kappa shape index (κ3) is 4.53. The first kappa shape index (κ1) is 14.3. The number of carbonyl (C=O) groups excluding carboxylic acids is 2. The Morgan fingerprint density at radius 1 is 1.41 bits per heavy atom. The number of thiol groups is 1. The summed E-state index contributed by atoms with van der Waals surface area (Å²) in [6.07, 6.45) is -2.09. The molecule has 0 aromatic rings. The van der Waals surface area contributed by atoms with E-state index in [0.29, 0.717) is 0 Å². The van der Waals surface area contributed by atoms with Crippen molar-refractivity contribution in [2.75, 3.05) is 6.61 Å². The molecule has 17 heavy (non-hydrogen) atoms. The Morgan fingerprint density at radius 3 is 2.59 bits per heavy atom. The third-order valence-corrected chi connectivity index (χ3v) is 2.78. The molecule has 4 unspecified atom stereocenters. The molecule has 0 spiro atoms. The highest BCUT2D eigenvalue weighted by atomic mass is 32.1. The summed E-state index contributed by atoms with van der Waals surface area (Å²) in [6.45, 7) is 2.45. The second kappa shape index (κ2) is 6.23. The molecule has 0 bridgehead atoms. The van der Waals surface area contributed by atoms with E-state index in [4.69, 9.17) is 14.2 Å². The molecule has 1 fully saturated rings. The lowest BCUT2D eigenvalue weighted by Crippen LogP contribution is -2.50. The van der Waals surface area contributed by atoms with Gasteiger partial charge in [-0.05, 0) is 0 Å². The number of ether oxygens (including phenoxy) is 3. The highest BCUT2D eigenvalue weighted by Gasteiger charge is 2.39. The Bertz CT molecular complexity index is 295. The molecular weight excluding hydrogens is 248 g/mol. The molecule has 7 heteroatoms. The van der Waals surface area contributed by atoms with Crippen LogP contribution in [-0.2, 0) is 23.8 Å². The zero-order chi connectivity index (χ0) is 13.0. The maximum absolute atomic E-state index is 10.9. The third-order valence-electron chi connectivity index (χ3n) is 2.27. The van der Waals surface area contributed by atoms with E-state index >= 15 is 0 Å². The summed E-state index contributed by atoms with van der Waals surface area (Å²) in [6, 6.07) is 0. The van der Waals surface area contributed by atoms with Crippen LogP contribution < -0.4 is 0 Å². The fourth-order valence-corrected chi connectivity index (χ4v) is 2.04. The first-order chi connectivity index (χ1) is 7.90. The second-order valence-corrected chi connectivity index (χ2v) is 4.47. The number of rotatable bonds is 3. The summed E-state index contributed by atoms with van der Waals surface area (Å²) in [5, 5.41) is 9.06. The minimum absolute atomic E-state index is 0.0819. The van der Waals surface area contributed by atoms with Gasteiger partial charge in [0, 0.05) is 25.5 Å². The molecule has 1 aliphatic heterocycles. The molecule has 0 saturated carbocycles. The van der Waals surface area contributed by atoms with Gasteiger partial charge in [0.1, 0.15) is 18.8 Å². The van der Waals surface area contributed by atoms with E-state index in [2.05, 4.69) is 12.6 Å². The van der Waals surface area contributed by atoms with E-state index in [0.717, 1.165) is 0 Å². The summed E-state index contributed by atoms with van der Waals surface area (Å²) in [7, 11) is 0. The average Bonchev–Trinajstić information content (AvgIpc) is 2.18. The normalized spacial score (nSPS) is 32.9. The number of hydrogen-bond donors (Lipinski definition) is 2. The van der Waals surface area contributed by atoms with Crippen LogP contribution in [-0.4, -0.2) is 47.4 Å². The molecule has 0 aromatic carbocycles. The number of hydrogen-bond acceptors (Lipinski definition) is 7. The summed E-state index contributed by atoms with van der Waals surface area (Å²) >= 11 is 4.24. The maximum atomic E-state index is 10.9. The lowest BCUT2D eigenvalue weighted by molar-refractivity contribution is -0.218. The predicted molar refractivity (Wildman–Crippen MR) is 60.5 cm³/mol. The molecule has 1 aliphatic rings. The molecule has 1 heterocycles. The highest BCUT2D eigenvalue weighted by molar-refractivity contribution is 7.81. The van der Waals surface area contributed by atoms with Gasteiger partial charge in [0.25, 0.3) is 0 Å². The Balaban J connectivity index is 2.64. The molecule has 0 aromatic heterocycles. The van der Waals surface area contributed by atoms with Gasteiger partial charge in [-0.3, -0.25) is 9.59 Å². The zero-order valence-electron chi connectivity index (χ0n) is 9.66. The fourth-order valence-electron chi connectivity index (χ4n) is 1.60. The van der Waals surface area contributed by atoms with Crippen molar-refractivity contribution in [3.8, 4) is 0 Å². The molecule has 4 atom stereocenters. The molecule has 0 amide bonds. The first-order valence-corrected chi connectivity index (χ1v) is 5.74. The minimum atomic E-state index is -0.995. The number of esters is 2. The van der Waals surface area contributed by atoms with Crippen LogP contribution >= 0.6 is 12.6 Å². The first-order valence-electron chi connectivity index (χ1n) is 5.22. The minimum Gasteiger partial charge on any atom is -0.463 e. The van der Waals surface area contributed by atoms with Crippen LogP contribution in [0.3, 0.4) is 0 Å². The number of aliphatic hydroxyl groups is 1. The van der Waals surface area contributed by atoms with Crippen molar-refractivity contribution < 1.29 is 28.9 Å². The van der Waals surface area contributed by atoms with Gasteiger partial charge in [-0.1, -0.05) is 0 Å². The number of aliphatic hydroxyl groups excluding tert-OH is 1. The molecule has 0 aliphatic carbocycles. The van der Waals surface area contributed by atoms with Gasteiger partial charge in [-0.25, -0.2) is 0 Å². The molecule has 0 radical (unpaired) electrons. The van der Waals surface area contributed by atoms with Gasteiger partial charge in [0.2, 0.25) is 0 Å². The van der Waals surface area contributed by atoms with E-state index in [1.165, 1.54) is 13.8 Å². The Hall–Kier alpha value is -0.790. The van der Waals surface area contributed by atoms with Crippen molar-refractivity contribution in [1.82, 2.24) is 0 Å². The SMILES string of the molecule is CC(=O)OCC1OC(O)CC(S)C1OC(C)=O. The summed E-state index contributed by atoms with van der Waals surface area (Å²) in [4.78, 5) is 21.7. The fraction of sp³-hybridized carbons (Fsp3) is 0.800. The number of carbonyl (C=O) groups is 2. The van der Waals surface area contributed by atoms with Crippen LogP contribution in [0.1, 0.15) is 20.3 Å². The van der Waals surface area contributed by atoms with Crippen molar-refractivity contribution in [2.24, 2.45) is 0 Å². The van der Waals surface area contributed by atoms with Crippen LogP contribution in [0.5, 0.6) is 0 Å². The summed E-state index contributed by atoms with van der Waals surface area (Å²) < 4.78 is 15.0. The molecular formula is C10H16O6S. The van der Waals surface area contributed by atoms with Gasteiger partial charge in [-0.2, -0.15) is 12.6 Å². The van der Waals surface area contributed by atoms with Crippen molar-refractivity contribution in [3.05, 3.63) is 0 Å². The van der Waals surface area contributed by atoms with Crippen molar-refractivity contribution >= 4 is 24.6 Å². The molecule has 1 N–H and O–H groups in total. The lowest BCUT2D eigenvalue weighted by Gasteiger charge is -2.37. The van der Waals surface area contributed by atoms with E-state index in [1.807, 2.05) is 0 Å². The van der Waals surface area contributed by atoms with Crippen molar-refractivity contribution in [2.45, 2.75) is 44.0 Å². The largest absolute Gasteiger partial charge is 0.463 e. The van der Waals surface area contributed by atoms with Crippen LogP contribution in [0.25, 0.3) is 0 Å². The zero-order valence-corrected chi connectivity index (χ0v) is 10.6. The quantitative estimate of drug-likeness (QED) is 0.546. The van der Waals surface area contributed by atoms with Gasteiger partial charge < -0.3 is 19.3 Å². The van der Waals surface area contributed by atoms with E-state index in [-0.39, 0.29) is 18.3 Å². The van der Waals surface area contributed by atoms with E-state index in [9.17, 15) is 14.7 Å². The topological polar surface area (TPSA) is 82.1 Å². The Morgan fingerprint density at radius 2 is 2.06 bits per heavy atom. The van der Waals surface area contributed by atoms with Crippen LogP contribution in [0.15, 0.2) is 0 Å². The maximum Gasteiger partial charge on any atom is 0.303 e. The summed E-state index contributed by atoms with van der Waals surface area (Å²) in [5.41, 5.74) is 0. The van der Waals surface area contributed by atoms with Crippen LogP contribution in [0.4, 0.5) is 0 Å². The van der Waals surface area contributed by atoms with Gasteiger partial charge in [0.05, 0.1) is 0 Å². The van der Waals surface area contributed by atoms with E-state index in [1.54, 1.807) is 0 Å². The smallest absolute Gasteiger partial charge is 0.303 e. The monoisotopic (exact) mass is 264 g/mol. The van der Waals surface area contributed by atoms with Gasteiger partial charge >= 0.3 is 11.9 Å². The van der Waals surface area contributed by atoms with Gasteiger partial charge in [0.15, 0.2) is 6.29 Å². The molecule has 1 saturated heterocycles. The summed E-state index contributed by atoms with van der Waals surface area (Å²) in [5.74, 6) is -0.937. The molecule has 6 nitrogen and oxygen atoms in total. The van der Waals surface area contributed by atoms with Crippen molar-refractivity contribution in [1.29, 1.82) is 0 Å². The van der Waals surface area contributed by atoms with Crippen LogP contribution in [0.2, 0.25) is 0 Å². The molecule has 1 rings (SSSR count). The Labute approximate surface area is 105 Å². The standard InChI is InChI=1S/C10H16O6S/c1-5(11)14-4-7-10(15-6(2)12)8(17)3-9(13)16-7/h7-10,13,17H,3-4H2,1-2H3. The average molecular weight is 264 g/mol. The predicted octanol–water partition coefficient (Wildman–Crippen LogP) is -0.113. The van der Waals surface area contributed by atoms with E-state index < -0.39 is 30.4 Å². The second-order valence-electron chi connectivity index (χ2n) is 3.81. The van der Waals surface area contributed by atoms with Crippen LogP contribution in [0, 0.1) is 0 Å². The lowest BCUT2D eigenvalue weighted by atomic mass is 10.0. The van der Waals surface area contributed by atoms with Gasteiger partial charge in [-0.15, -0.1) is 0 Å². The Kier molecular flexibility index (Phi) is 5.23. The highest BCUT2D eigenvalue weighted by Crippen LogP contribution is 2.26. The molecule has 98 valence electrons. The van der Waals surface area contributed by atoms with Crippen molar-refractivity contribution in [3.63, 3.8) is 0 Å².